The van der Waals surface area contributed by atoms with Crippen LogP contribution in [0.25, 0.3) is 0 Å². The third-order valence-corrected chi connectivity index (χ3v) is 9.65. The number of carbonyl (C=O) groups excluding carboxylic acids is 3. The summed E-state index contributed by atoms with van der Waals surface area (Å²) in [6, 6.07) is 11.3. The van der Waals surface area contributed by atoms with Gasteiger partial charge < -0.3 is 28.9 Å². The second kappa shape index (κ2) is 12.5. The van der Waals surface area contributed by atoms with Gasteiger partial charge in [-0.2, -0.15) is 0 Å². The summed E-state index contributed by atoms with van der Waals surface area (Å²) in [4.78, 5) is 49.6. The maximum atomic E-state index is 14.0. The lowest BCUT2D eigenvalue weighted by molar-refractivity contribution is -0.133. The first kappa shape index (κ1) is 29.4. The number of ether oxygens (including phenoxy) is 3. The Morgan fingerprint density at radius 1 is 0.953 bits per heavy atom. The molecule has 6 rings (SSSR count). The van der Waals surface area contributed by atoms with Crippen LogP contribution in [0, 0.1) is 5.92 Å². The van der Waals surface area contributed by atoms with E-state index in [1.807, 2.05) is 17.0 Å². The van der Waals surface area contributed by atoms with Gasteiger partial charge in [0, 0.05) is 44.8 Å². The molecule has 230 valence electrons. The van der Waals surface area contributed by atoms with Gasteiger partial charge in [0.25, 0.3) is 11.8 Å². The van der Waals surface area contributed by atoms with Crippen LogP contribution in [-0.4, -0.2) is 99.1 Å². The molecule has 10 heteroatoms. The number of benzene rings is 2. The smallest absolute Gasteiger partial charge is 0.264 e. The van der Waals surface area contributed by atoms with Crippen LogP contribution in [0.3, 0.4) is 0 Å². The highest BCUT2D eigenvalue weighted by atomic mass is 16.5. The predicted molar refractivity (Wildman–Crippen MR) is 162 cm³/mol. The van der Waals surface area contributed by atoms with E-state index in [9.17, 15) is 14.4 Å². The Hall–Kier alpha value is -3.63. The zero-order valence-electron chi connectivity index (χ0n) is 25.4. The first-order valence-corrected chi connectivity index (χ1v) is 15.5. The van der Waals surface area contributed by atoms with Crippen LogP contribution in [-0.2, 0) is 9.53 Å². The molecule has 2 fully saturated rings. The predicted octanol–water partition coefficient (Wildman–Crippen LogP) is 3.95. The minimum Gasteiger partial charge on any atom is -0.493 e. The molecule has 0 N–H and O–H groups in total. The summed E-state index contributed by atoms with van der Waals surface area (Å²) in [7, 11) is 4.69. The molecule has 2 saturated heterocycles. The largest absolute Gasteiger partial charge is 0.493 e. The Morgan fingerprint density at radius 2 is 1.77 bits per heavy atom. The van der Waals surface area contributed by atoms with Gasteiger partial charge in [0.2, 0.25) is 5.91 Å². The van der Waals surface area contributed by atoms with Crippen molar-refractivity contribution in [1.29, 1.82) is 0 Å². The van der Waals surface area contributed by atoms with Crippen molar-refractivity contribution in [2.75, 3.05) is 65.6 Å². The van der Waals surface area contributed by atoms with Gasteiger partial charge in [-0.1, -0.05) is 24.6 Å². The molecule has 3 amide bonds. The van der Waals surface area contributed by atoms with E-state index >= 15 is 0 Å². The number of amides is 3. The molecule has 0 aromatic heterocycles. The zero-order chi connectivity index (χ0) is 30.1. The SMILES string of the molecule is COCCN(CC1CCCN2CCCCC12)C(=O)CCN1C(=O)c2ccccc2N2C(=O)c3c(ccc(OC)c3OC)C12. The second-order valence-electron chi connectivity index (χ2n) is 11.9. The summed E-state index contributed by atoms with van der Waals surface area (Å²) >= 11 is 0. The van der Waals surface area contributed by atoms with Gasteiger partial charge in [0.1, 0.15) is 6.17 Å². The van der Waals surface area contributed by atoms with Gasteiger partial charge in [0.05, 0.1) is 37.6 Å². The average Bonchev–Trinajstić information content (AvgIpc) is 3.34. The van der Waals surface area contributed by atoms with Crippen molar-refractivity contribution in [3.8, 4) is 11.5 Å². The minimum absolute atomic E-state index is 0.0000462. The fourth-order valence-electron chi connectivity index (χ4n) is 7.62. The average molecular weight is 591 g/mol. The monoisotopic (exact) mass is 590 g/mol. The molecule has 4 aliphatic heterocycles. The normalized spacial score (nSPS) is 22.9. The van der Waals surface area contributed by atoms with Gasteiger partial charge in [-0.3, -0.25) is 19.3 Å². The van der Waals surface area contributed by atoms with Crippen molar-refractivity contribution in [3.05, 3.63) is 53.1 Å². The van der Waals surface area contributed by atoms with Gasteiger partial charge in [0.15, 0.2) is 11.5 Å². The van der Waals surface area contributed by atoms with E-state index in [1.165, 1.54) is 33.5 Å². The van der Waals surface area contributed by atoms with Crippen molar-refractivity contribution >= 4 is 23.4 Å². The van der Waals surface area contributed by atoms with E-state index in [2.05, 4.69) is 4.90 Å². The number of carbonyl (C=O) groups is 3. The molecule has 0 aliphatic carbocycles. The molecule has 4 aliphatic rings. The van der Waals surface area contributed by atoms with Crippen LogP contribution in [0.4, 0.5) is 5.69 Å². The standard InChI is InChI=1S/C33H42N4O6/c1-41-20-19-35(21-22-9-8-17-34-16-7-6-11-25(22)34)28(38)15-18-36-31-24-13-14-27(42-2)30(43-3)29(24)33(40)37(31)26-12-5-4-10-23(26)32(36)39/h4-5,10,12-14,22,25,31H,6-9,11,15-21H2,1-3H3. The van der Waals surface area contributed by atoms with Crippen molar-refractivity contribution in [3.63, 3.8) is 0 Å². The maximum absolute atomic E-state index is 14.0. The summed E-state index contributed by atoms with van der Waals surface area (Å²) in [5.74, 6) is 0.770. The van der Waals surface area contributed by atoms with Gasteiger partial charge in [-0.05, 0) is 62.9 Å². The topological polar surface area (TPSA) is 91.9 Å². The number of para-hydroxylation sites is 1. The summed E-state index contributed by atoms with van der Waals surface area (Å²) in [6.45, 7) is 4.17. The van der Waals surface area contributed by atoms with E-state index < -0.39 is 6.17 Å². The molecule has 3 atom stereocenters. The van der Waals surface area contributed by atoms with Crippen LogP contribution < -0.4 is 14.4 Å². The highest BCUT2D eigenvalue weighted by Gasteiger charge is 2.49. The molecular formula is C33H42N4O6. The number of fused-ring (bicyclic) bond motifs is 6. The Balaban J connectivity index is 1.27. The molecule has 2 aromatic rings. The summed E-state index contributed by atoms with van der Waals surface area (Å²) in [5, 5.41) is 0. The number of nitrogens with zero attached hydrogens (tertiary/aromatic N) is 4. The highest BCUT2D eigenvalue weighted by Crippen LogP contribution is 2.49. The van der Waals surface area contributed by atoms with Crippen LogP contribution in [0.1, 0.15) is 71.0 Å². The number of hydrogen-bond donors (Lipinski definition) is 0. The number of methoxy groups -OCH3 is 3. The molecule has 43 heavy (non-hydrogen) atoms. The van der Waals surface area contributed by atoms with Crippen LogP contribution in [0.5, 0.6) is 11.5 Å². The van der Waals surface area contributed by atoms with Crippen LogP contribution in [0.2, 0.25) is 0 Å². The van der Waals surface area contributed by atoms with Crippen molar-refractivity contribution < 1.29 is 28.6 Å². The molecule has 2 aromatic carbocycles. The molecule has 10 nitrogen and oxygen atoms in total. The number of rotatable bonds is 10. The third-order valence-electron chi connectivity index (χ3n) is 9.65. The number of piperidine rings is 2. The van der Waals surface area contributed by atoms with Crippen LogP contribution in [0.15, 0.2) is 36.4 Å². The Bertz CT molecular complexity index is 1380. The Morgan fingerprint density at radius 3 is 2.56 bits per heavy atom. The Kier molecular flexibility index (Phi) is 8.59. The molecule has 4 heterocycles. The number of anilines is 1. The quantitative estimate of drug-likeness (QED) is 0.414. The lowest BCUT2D eigenvalue weighted by Gasteiger charge is -2.46. The molecule has 3 unspecified atom stereocenters. The maximum Gasteiger partial charge on any atom is 0.264 e. The number of hydrogen-bond acceptors (Lipinski definition) is 7. The van der Waals surface area contributed by atoms with Gasteiger partial charge >= 0.3 is 0 Å². The molecule has 0 spiro atoms. The first-order valence-electron chi connectivity index (χ1n) is 15.5. The lowest BCUT2D eigenvalue weighted by Crippen LogP contribution is -2.52. The fourth-order valence-corrected chi connectivity index (χ4v) is 7.62. The van der Waals surface area contributed by atoms with Crippen LogP contribution >= 0.6 is 0 Å². The minimum atomic E-state index is -0.681. The van der Waals surface area contributed by atoms with Crippen molar-refractivity contribution in [2.24, 2.45) is 5.92 Å². The highest BCUT2D eigenvalue weighted by molar-refractivity contribution is 6.18. The summed E-state index contributed by atoms with van der Waals surface area (Å²) in [5.41, 5.74) is 2.03. The fraction of sp³-hybridized carbons (Fsp3) is 0.545. The third kappa shape index (κ3) is 5.25. The van der Waals surface area contributed by atoms with Crippen molar-refractivity contribution in [1.82, 2.24) is 14.7 Å². The van der Waals surface area contributed by atoms with E-state index in [4.69, 9.17) is 14.2 Å². The van der Waals surface area contributed by atoms with E-state index in [1.54, 1.807) is 41.2 Å². The second-order valence-corrected chi connectivity index (χ2v) is 11.9. The summed E-state index contributed by atoms with van der Waals surface area (Å²) < 4.78 is 16.5. The summed E-state index contributed by atoms with van der Waals surface area (Å²) in [6.07, 6.45) is 5.45. The van der Waals surface area contributed by atoms with Crippen molar-refractivity contribution in [2.45, 2.75) is 50.7 Å². The lowest BCUT2D eigenvalue weighted by atomic mass is 9.83. The van der Waals surface area contributed by atoms with E-state index in [0.29, 0.717) is 65.5 Å². The molecule has 0 saturated carbocycles. The Labute approximate surface area is 253 Å². The zero-order valence-corrected chi connectivity index (χ0v) is 25.4. The van der Waals surface area contributed by atoms with E-state index in [-0.39, 0.29) is 30.7 Å². The molecule has 0 radical (unpaired) electrons. The van der Waals surface area contributed by atoms with Gasteiger partial charge in [-0.25, -0.2) is 0 Å². The molecular weight excluding hydrogens is 548 g/mol. The molecule has 0 bridgehead atoms. The first-order chi connectivity index (χ1) is 21.0. The van der Waals surface area contributed by atoms with Gasteiger partial charge in [-0.15, -0.1) is 0 Å². The van der Waals surface area contributed by atoms with E-state index in [0.717, 1.165) is 25.9 Å².